The van der Waals surface area contributed by atoms with Gasteiger partial charge in [-0.15, -0.1) is 0 Å². The van der Waals surface area contributed by atoms with E-state index in [1.165, 1.54) is 17.3 Å². The van der Waals surface area contributed by atoms with Crippen molar-refractivity contribution in [3.05, 3.63) is 133 Å². The molecule has 3 rings (SSSR count). The number of hydrogen-bond acceptors (Lipinski definition) is 2. The van der Waals surface area contributed by atoms with E-state index in [4.69, 9.17) is 0 Å². The maximum Gasteiger partial charge on any atom is 0.285 e. The van der Waals surface area contributed by atoms with Crippen molar-refractivity contribution in [3.8, 4) is 0 Å². The minimum absolute atomic E-state index is 0.208. The second-order valence-corrected chi connectivity index (χ2v) is 9.17. The molecule has 1 saturated heterocycles. The molecule has 182 valence electrons. The number of rotatable bonds is 10. The summed E-state index contributed by atoms with van der Waals surface area (Å²) in [6.45, 7) is 8.61. The topological polar surface area (TPSA) is 15.6 Å². The first-order valence-corrected chi connectivity index (χ1v) is 12.3. The lowest BCUT2D eigenvalue weighted by molar-refractivity contribution is 0.151. The Labute approximate surface area is 210 Å². The van der Waals surface area contributed by atoms with E-state index in [-0.39, 0.29) is 5.57 Å². The number of allylic oxidation sites excluding steroid dienone is 10. The SMILES string of the molecule is C=C/C=C\C=C/CC(C1=CCC=CC=C1)(c1ccccc1)N1CCC(=N/C=C(\C=C)C(F)(F)P)C1. The van der Waals surface area contributed by atoms with E-state index < -0.39 is 11.2 Å². The molecule has 1 aromatic carbocycles. The Balaban J connectivity index is 2.06. The van der Waals surface area contributed by atoms with Crippen LogP contribution in [0.1, 0.15) is 24.8 Å². The second kappa shape index (κ2) is 12.7. The van der Waals surface area contributed by atoms with Gasteiger partial charge >= 0.3 is 0 Å². The Morgan fingerprint density at radius 1 is 1.11 bits per heavy atom. The zero-order valence-electron chi connectivity index (χ0n) is 20.0. The first-order chi connectivity index (χ1) is 16.9. The van der Waals surface area contributed by atoms with Gasteiger partial charge in [0.25, 0.3) is 5.66 Å². The first kappa shape index (κ1) is 26.7. The molecule has 1 aromatic rings. The lowest BCUT2D eigenvalue weighted by Crippen LogP contribution is -2.46. The van der Waals surface area contributed by atoms with Crippen LogP contribution in [-0.4, -0.2) is 29.4 Å². The Kier molecular flexibility index (Phi) is 9.65. The third-order valence-electron chi connectivity index (χ3n) is 6.21. The molecule has 0 amide bonds. The van der Waals surface area contributed by atoms with Crippen LogP contribution in [0.5, 0.6) is 0 Å². The summed E-state index contributed by atoms with van der Waals surface area (Å²) < 4.78 is 27.5. The van der Waals surface area contributed by atoms with Gasteiger partial charge in [-0.1, -0.05) is 120 Å². The predicted octanol–water partition coefficient (Wildman–Crippen LogP) is 7.70. The number of likely N-dealkylation sites (tertiary alicyclic amines) is 1. The Morgan fingerprint density at radius 2 is 1.91 bits per heavy atom. The normalized spacial score (nSPS) is 20.4. The van der Waals surface area contributed by atoms with Gasteiger partial charge in [0.1, 0.15) is 0 Å². The fourth-order valence-electron chi connectivity index (χ4n) is 4.47. The highest BCUT2D eigenvalue weighted by Crippen LogP contribution is 2.43. The van der Waals surface area contributed by atoms with Crippen molar-refractivity contribution in [1.82, 2.24) is 4.90 Å². The zero-order valence-corrected chi connectivity index (χ0v) is 21.1. The highest BCUT2D eigenvalue weighted by Gasteiger charge is 2.42. The molecule has 2 aliphatic rings. The average Bonchev–Trinajstić information content (AvgIpc) is 3.15. The summed E-state index contributed by atoms with van der Waals surface area (Å²) in [7, 11) is 1.55. The maximum atomic E-state index is 13.8. The minimum Gasteiger partial charge on any atom is -0.284 e. The summed E-state index contributed by atoms with van der Waals surface area (Å²) in [4.78, 5) is 6.88. The van der Waals surface area contributed by atoms with Crippen LogP contribution in [0, 0.1) is 0 Å². The van der Waals surface area contributed by atoms with Gasteiger partial charge in [-0.25, -0.2) is 0 Å². The van der Waals surface area contributed by atoms with E-state index in [9.17, 15) is 8.78 Å². The summed E-state index contributed by atoms with van der Waals surface area (Å²) in [6.07, 6.45) is 25.3. The summed E-state index contributed by atoms with van der Waals surface area (Å²) in [6, 6.07) is 10.5. The van der Waals surface area contributed by atoms with Crippen molar-refractivity contribution >= 4 is 15.0 Å². The molecule has 35 heavy (non-hydrogen) atoms. The molecule has 0 radical (unpaired) electrons. The summed E-state index contributed by atoms with van der Waals surface area (Å²) in [5, 5.41) is 0. The molecule has 2 atom stereocenters. The van der Waals surface area contributed by atoms with Crippen molar-refractivity contribution in [1.29, 1.82) is 0 Å². The molecule has 1 aliphatic heterocycles. The molecule has 2 unspecified atom stereocenters. The van der Waals surface area contributed by atoms with Crippen LogP contribution in [0.15, 0.2) is 133 Å². The molecule has 2 nitrogen and oxygen atoms in total. The molecule has 1 aliphatic carbocycles. The number of nitrogens with zero attached hydrogens (tertiary/aromatic N) is 2. The van der Waals surface area contributed by atoms with Crippen molar-refractivity contribution in [3.63, 3.8) is 0 Å². The molecular weight excluding hydrogens is 457 g/mol. The molecule has 0 saturated carbocycles. The Hall–Kier alpha value is -2.94. The highest BCUT2D eigenvalue weighted by atomic mass is 31.0. The van der Waals surface area contributed by atoms with Crippen molar-refractivity contribution < 1.29 is 8.78 Å². The first-order valence-electron chi connectivity index (χ1n) is 11.8. The quantitative estimate of drug-likeness (QED) is 0.242. The van der Waals surface area contributed by atoms with Gasteiger partial charge in [0.2, 0.25) is 0 Å². The van der Waals surface area contributed by atoms with Crippen LogP contribution in [0.2, 0.25) is 0 Å². The van der Waals surface area contributed by atoms with Gasteiger partial charge in [0.05, 0.1) is 5.54 Å². The molecule has 1 fully saturated rings. The lowest BCUT2D eigenvalue weighted by Gasteiger charge is -2.43. The van der Waals surface area contributed by atoms with E-state index in [2.05, 4.69) is 83.8 Å². The van der Waals surface area contributed by atoms with Gasteiger partial charge in [-0.05, 0) is 30.4 Å². The summed E-state index contributed by atoms with van der Waals surface area (Å²) in [5.41, 5.74) is -0.396. The minimum atomic E-state index is -3.05. The van der Waals surface area contributed by atoms with Crippen LogP contribution in [-0.2, 0) is 5.54 Å². The predicted molar refractivity (Wildman–Crippen MR) is 149 cm³/mol. The van der Waals surface area contributed by atoms with E-state index in [0.29, 0.717) is 13.0 Å². The molecular formula is C30H33F2N2P. The summed E-state index contributed by atoms with van der Waals surface area (Å²) in [5.74, 6) is 0. The lowest BCUT2D eigenvalue weighted by atomic mass is 9.77. The van der Waals surface area contributed by atoms with E-state index in [0.717, 1.165) is 31.2 Å². The third kappa shape index (κ3) is 6.81. The molecule has 0 bridgehead atoms. The van der Waals surface area contributed by atoms with Crippen LogP contribution >= 0.6 is 9.24 Å². The van der Waals surface area contributed by atoms with Gasteiger partial charge in [-0.2, -0.15) is 8.78 Å². The van der Waals surface area contributed by atoms with E-state index in [1.54, 1.807) is 15.3 Å². The largest absolute Gasteiger partial charge is 0.285 e. The third-order valence-corrected chi connectivity index (χ3v) is 6.54. The highest BCUT2D eigenvalue weighted by molar-refractivity contribution is 7.18. The maximum absolute atomic E-state index is 13.8. The molecule has 5 heteroatoms. The smallest absolute Gasteiger partial charge is 0.284 e. The summed E-state index contributed by atoms with van der Waals surface area (Å²) >= 11 is 0. The number of benzene rings is 1. The number of aliphatic imine (C=N–C) groups is 1. The van der Waals surface area contributed by atoms with Crippen molar-refractivity contribution in [2.75, 3.05) is 13.1 Å². The number of alkyl halides is 2. The zero-order chi connectivity index (χ0) is 25.2. The molecule has 1 heterocycles. The second-order valence-electron chi connectivity index (χ2n) is 8.44. The fourth-order valence-corrected chi connectivity index (χ4v) is 4.66. The Morgan fingerprint density at radius 3 is 2.63 bits per heavy atom. The van der Waals surface area contributed by atoms with Gasteiger partial charge < -0.3 is 0 Å². The van der Waals surface area contributed by atoms with Gasteiger partial charge in [0, 0.05) is 30.6 Å². The van der Waals surface area contributed by atoms with E-state index >= 15 is 0 Å². The van der Waals surface area contributed by atoms with E-state index in [1.807, 2.05) is 24.3 Å². The molecule has 0 spiro atoms. The standard InChI is InChI=1S/C30H33F2N2P/c1-3-5-6-9-15-21-29(27-18-13-10-14-19-27,26-16-11-7-8-12-17-26)34-22-20-28(24-34)33-23-25(4-2)30(31,32)35/h3-11,13-19,23H,1-2,12,20-22,24,35H2/b6-5-,15-9-,25-23+,33-28?. The van der Waals surface area contributed by atoms with Crippen LogP contribution in [0.3, 0.4) is 0 Å². The van der Waals surface area contributed by atoms with Gasteiger partial charge in [-0.3, -0.25) is 9.89 Å². The number of halogens is 2. The monoisotopic (exact) mass is 490 g/mol. The molecule has 0 aromatic heterocycles. The van der Waals surface area contributed by atoms with Crippen molar-refractivity contribution in [2.45, 2.75) is 30.5 Å². The fraction of sp³-hybridized carbons (Fsp3) is 0.233. The van der Waals surface area contributed by atoms with Crippen LogP contribution in [0.4, 0.5) is 8.78 Å². The Bertz CT molecular complexity index is 1100. The van der Waals surface area contributed by atoms with Crippen molar-refractivity contribution in [2.24, 2.45) is 4.99 Å². The average molecular weight is 491 g/mol. The molecule has 0 N–H and O–H groups in total. The van der Waals surface area contributed by atoms with Gasteiger partial charge in [0.15, 0.2) is 0 Å². The van der Waals surface area contributed by atoms with Crippen LogP contribution in [0.25, 0.3) is 0 Å². The van der Waals surface area contributed by atoms with Crippen LogP contribution < -0.4 is 0 Å². The number of hydrogen-bond donors (Lipinski definition) is 0.